The smallest absolute Gasteiger partial charge is 0.308 e. The number of carbonyl (C=O) groups is 2. The molecule has 150 valence electrons. The number of aryl methyl sites for hydroxylation is 1. The molecule has 0 unspecified atom stereocenters. The third-order valence-electron chi connectivity index (χ3n) is 5.15. The molecule has 2 N–H and O–H groups in total. The molecular formula is C20H29NO6. The summed E-state index contributed by atoms with van der Waals surface area (Å²) in [7, 11) is 4.53. The Hall–Kier alpha value is -2.28. The van der Waals surface area contributed by atoms with Gasteiger partial charge in [0, 0.05) is 13.0 Å². The summed E-state index contributed by atoms with van der Waals surface area (Å²) in [6.07, 6.45) is 2.98. The zero-order valence-electron chi connectivity index (χ0n) is 16.2. The minimum Gasteiger partial charge on any atom is -0.493 e. The molecule has 0 heterocycles. The van der Waals surface area contributed by atoms with Crippen LogP contribution in [0.5, 0.6) is 11.5 Å². The first kappa shape index (κ1) is 21.0. The van der Waals surface area contributed by atoms with E-state index in [2.05, 4.69) is 5.32 Å². The molecular weight excluding hydrogens is 350 g/mol. The second kappa shape index (κ2) is 9.60. The van der Waals surface area contributed by atoms with Crippen LogP contribution in [0, 0.1) is 5.92 Å². The molecule has 1 amide bonds. The zero-order chi connectivity index (χ0) is 19.9. The number of hydrogen-bond donors (Lipinski definition) is 2. The van der Waals surface area contributed by atoms with Crippen LogP contribution in [0.15, 0.2) is 18.2 Å². The van der Waals surface area contributed by atoms with Gasteiger partial charge in [-0.3, -0.25) is 9.59 Å². The van der Waals surface area contributed by atoms with Crippen LogP contribution >= 0.6 is 0 Å². The maximum Gasteiger partial charge on any atom is 0.308 e. The lowest BCUT2D eigenvalue weighted by molar-refractivity contribution is -0.148. The van der Waals surface area contributed by atoms with Crippen molar-refractivity contribution >= 4 is 11.9 Å². The Morgan fingerprint density at radius 3 is 2.41 bits per heavy atom. The summed E-state index contributed by atoms with van der Waals surface area (Å²) in [6.45, 7) is 0.200. The number of methoxy groups -OCH3 is 3. The molecule has 1 aliphatic rings. The van der Waals surface area contributed by atoms with Crippen molar-refractivity contribution in [3.8, 4) is 11.5 Å². The number of ether oxygens (including phenoxy) is 3. The van der Waals surface area contributed by atoms with E-state index in [0.717, 1.165) is 5.56 Å². The largest absolute Gasteiger partial charge is 0.493 e. The maximum absolute atomic E-state index is 12.1. The quantitative estimate of drug-likeness (QED) is 0.670. The average molecular weight is 379 g/mol. The van der Waals surface area contributed by atoms with Gasteiger partial charge in [0.2, 0.25) is 5.91 Å². The summed E-state index contributed by atoms with van der Waals surface area (Å²) >= 11 is 0. The lowest BCUT2D eigenvalue weighted by Gasteiger charge is -2.35. The predicted octanol–water partition coefficient (Wildman–Crippen LogP) is 1.85. The van der Waals surface area contributed by atoms with Crippen molar-refractivity contribution in [3.05, 3.63) is 23.8 Å². The molecule has 0 aromatic heterocycles. The van der Waals surface area contributed by atoms with E-state index in [4.69, 9.17) is 14.2 Å². The number of aliphatic hydroxyl groups is 1. The van der Waals surface area contributed by atoms with E-state index < -0.39 is 5.60 Å². The molecule has 0 bridgehead atoms. The summed E-state index contributed by atoms with van der Waals surface area (Å²) in [5, 5.41) is 13.4. The normalized spacial score (nSPS) is 22.0. The van der Waals surface area contributed by atoms with Gasteiger partial charge in [0.15, 0.2) is 11.5 Å². The number of hydrogen-bond acceptors (Lipinski definition) is 6. The fourth-order valence-corrected chi connectivity index (χ4v) is 3.38. The van der Waals surface area contributed by atoms with E-state index in [-0.39, 0.29) is 24.3 Å². The molecule has 1 aliphatic carbocycles. The van der Waals surface area contributed by atoms with Gasteiger partial charge in [0.05, 0.1) is 32.8 Å². The monoisotopic (exact) mass is 379 g/mol. The van der Waals surface area contributed by atoms with E-state index in [1.54, 1.807) is 14.2 Å². The number of rotatable bonds is 8. The van der Waals surface area contributed by atoms with Crippen LogP contribution in [0.25, 0.3) is 0 Å². The first-order chi connectivity index (χ1) is 12.9. The standard InChI is InChI=1S/C20H29NO6/c1-25-16-6-4-14(12-17(16)26-2)5-7-18(22)21-13-20(24)10-8-15(9-11-20)19(23)27-3/h4,6,12,15,24H,5,7-11,13H2,1-3H3,(H,21,22). The van der Waals surface area contributed by atoms with Crippen LogP contribution < -0.4 is 14.8 Å². The zero-order valence-corrected chi connectivity index (χ0v) is 16.2. The van der Waals surface area contributed by atoms with Gasteiger partial charge in [-0.1, -0.05) is 6.07 Å². The minimum absolute atomic E-state index is 0.117. The summed E-state index contributed by atoms with van der Waals surface area (Å²) in [4.78, 5) is 23.7. The lowest BCUT2D eigenvalue weighted by Crippen LogP contribution is -2.46. The number of nitrogens with one attached hydrogen (secondary N) is 1. The van der Waals surface area contributed by atoms with Crippen molar-refractivity contribution < 1.29 is 28.9 Å². The van der Waals surface area contributed by atoms with Crippen molar-refractivity contribution in [2.75, 3.05) is 27.9 Å². The van der Waals surface area contributed by atoms with E-state index in [0.29, 0.717) is 50.0 Å². The molecule has 0 saturated heterocycles. The Morgan fingerprint density at radius 2 is 1.81 bits per heavy atom. The van der Waals surface area contributed by atoms with Crippen LogP contribution in [0.1, 0.15) is 37.7 Å². The van der Waals surface area contributed by atoms with Gasteiger partial charge in [-0.2, -0.15) is 0 Å². The molecule has 1 aromatic rings. The van der Waals surface area contributed by atoms with Crippen LogP contribution in [-0.4, -0.2) is 50.5 Å². The first-order valence-corrected chi connectivity index (χ1v) is 9.18. The highest BCUT2D eigenvalue weighted by atomic mass is 16.5. The molecule has 7 nitrogen and oxygen atoms in total. The van der Waals surface area contributed by atoms with Crippen molar-refractivity contribution in [2.24, 2.45) is 5.92 Å². The fraction of sp³-hybridized carbons (Fsp3) is 0.600. The summed E-state index contributed by atoms with van der Waals surface area (Å²) in [5.41, 5.74) is 0.0175. The molecule has 0 aliphatic heterocycles. The lowest BCUT2D eigenvalue weighted by atomic mass is 9.79. The van der Waals surface area contributed by atoms with Gasteiger partial charge in [-0.05, 0) is 49.8 Å². The topological polar surface area (TPSA) is 94.1 Å². The third-order valence-corrected chi connectivity index (χ3v) is 5.15. The van der Waals surface area contributed by atoms with Gasteiger partial charge in [0.25, 0.3) is 0 Å². The van der Waals surface area contributed by atoms with E-state index in [1.807, 2.05) is 18.2 Å². The van der Waals surface area contributed by atoms with Gasteiger partial charge in [0.1, 0.15) is 0 Å². The Morgan fingerprint density at radius 1 is 1.15 bits per heavy atom. The van der Waals surface area contributed by atoms with E-state index >= 15 is 0 Å². The van der Waals surface area contributed by atoms with E-state index in [1.165, 1.54) is 7.11 Å². The van der Waals surface area contributed by atoms with E-state index in [9.17, 15) is 14.7 Å². The summed E-state index contributed by atoms with van der Waals surface area (Å²) in [5.74, 6) is 0.780. The van der Waals surface area contributed by atoms with Crippen molar-refractivity contribution in [1.82, 2.24) is 5.32 Å². The van der Waals surface area contributed by atoms with Crippen LogP contribution in [0.2, 0.25) is 0 Å². The Bertz CT molecular complexity index is 652. The summed E-state index contributed by atoms with van der Waals surface area (Å²) < 4.78 is 15.2. The number of benzene rings is 1. The number of amides is 1. The molecule has 0 radical (unpaired) electrons. The fourth-order valence-electron chi connectivity index (χ4n) is 3.38. The first-order valence-electron chi connectivity index (χ1n) is 9.18. The Labute approximate surface area is 160 Å². The van der Waals surface area contributed by atoms with Crippen molar-refractivity contribution in [2.45, 2.75) is 44.1 Å². The predicted molar refractivity (Wildman–Crippen MR) is 99.8 cm³/mol. The molecule has 1 fully saturated rings. The highest BCUT2D eigenvalue weighted by Crippen LogP contribution is 2.32. The average Bonchev–Trinajstić information content (AvgIpc) is 2.70. The molecule has 0 spiro atoms. The van der Waals surface area contributed by atoms with Gasteiger partial charge in [-0.25, -0.2) is 0 Å². The molecule has 2 rings (SSSR count). The molecule has 7 heteroatoms. The Balaban J connectivity index is 1.77. The minimum atomic E-state index is -0.955. The number of carbonyl (C=O) groups excluding carboxylic acids is 2. The van der Waals surface area contributed by atoms with Crippen LogP contribution in [0.3, 0.4) is 0 Å². The number of esters is 1. The van der Waals surface area contributed by atoms with Crippen molar-refractivity contribution in [1.29, 1.82) is 0 Å². The SMILES string of the molecule is COC(=O)C1CCC(O)(CNC(=O)CCc2ccc(OC)c(OC)c2)CC1. The Kier molecular flexibility index (Phi) is 7.47. The van der Waals surface area contributed by atoms with Crippen LogP contribution in [0.4, 0.5) is 0 Å². The molecule has 27 heavy (non-hydrogen) atoms. The molecule has 1 aromatic carbocycles. The van der Waals surface area contributed by atoms with Gasteiger partial charge < -0.3 is 24.6 Å². The summed E-state index contributed by atoms with van der Waals surface area (Å²) in [6, 6.07) is 5.57. The van der Waals surface area contributed by atoms with Gasteiger partial charge in [-0.15, -0.1) is 0 Å². The highest BCUT2D eigenvalue weighted by Gasteiger charge is 2.36. The van der Waals surface area contributed by atoms with Gasteiger partial charge >= 0.3 is 5.97 Å². The van der Waals surface area contributed by atoms with Crippen LogP contribution in [-0.2, 0) is 20.7 Å². The molecule has 1 saturated carbocycles. The molecule has 0 atom stereocenters. The second-order valence-electron chi connectivity index (χ2n) is 6.99. The second-order valence-corrected chi connectivity index (χ2v) is 6.99. The maximum atomic E-state index is 12.1. The highest BCUT2D eigenvalue weighted by molar-refractivity contribution is 5.76. The third kappa shape index (κ3) is 5.85. The van der Waals surface area contributed by atoms with Crippen molar-refractivity contribution in [3.63, 3.8) is 0 Å².